The van der Waals surface area contributed by atoms with Crippen LogP contribution >= 0.6 is 0 Å². The van der Waals surface area contributed by atoms with Crippen molar-refractivity contribution in [2.75, 3.05) is 13.6 Å². The van der Waals surface area contributed by atoms with Crippen molar-refractivity contribution in [2.24, 2.45) is 5.92 Å². The van der Waals surface area contributed by atoms with Crippen LogP contribution in [0.25, 0.3) is 0 Å². The summed E-state index contributed by atoms with van der Waals surface area (Å²) >= 11 is 0. The van der Waals surface area contributed by atoms with Gasteiger partial charge in [0, 0.05) is 13.6 Å². The Hall–Kier alpha value is -0.170. The van der Waals surface area contributed by atoms with Gasteiger partial charge in [-0.1, -0.05) is 13.8 Å². The van der Waals surface area contributed by atoms with Gasteiger partial charge in [-0.05, 0) is 5.92 Å². The lowest BCUT2D eigenvalue weighted by Gasteiger charge is -2.14. The quantitative estimate of drug-likeness (QED) is 0.531. The molecule has 0 rings (SSSR count). The third-order valence-electron chi connectivity index (χ3n) is 1.52. The third kappa shape index (κ3) is 4.66. The number of nitrogens with one attached hydrogen (secondary N) is 2. The Balaban J connectivity index is 3.84. The van der Waals surface area contributed by atoms with Gasteiger partial charge in [0.1, 0.15) is 0 Å². The van der Waals surface area contributed by atoms with Gasteiger partial charge in [-0.2, -0.15) is 13.1 Å². The standard InChI is InChI=1S/C6H16N2O3S/c1-5(2)6(9)4-8-12(10,11)7-3/h5-9H,4H2,1-3H3. The van der Waals surface area contributed by atoms with E-state index in [2.05, 4.69) is 9.44 Å². The van der Waals surface area contributed by atoms with E-state index < -0.39 is 16.3 Å². The Morgan fingerprint density at radius 1 is 1.42 bits per heavy atom. The first-order valence-electron chi connectivity index (χ1n) is 3.75. The molecule has 0 spiro atoms. The fourth-order valence-corrected chi connectivity index (χ4v) is 1.04. The summed E-state index contributed by atoms with van der Waals surface area (Å²) in [5, 5.41) is 9.23. The predicted octanol–water partition coefficient (Wildman–Crippen LogP) is -0.943. The molecular formula is C6H16N2O3S. The molecule has 0 aliphatic rings. The Bertz CT molecular complexity index is 213. The van der Waals surface area contributed by atoms with E-state index in [0.717, 1.165) is 0 Å². The zero-order valence-corrected chi connectivity index (χ0v) is 8.35. The van der Waals surface area contributed by atoms with Crippen molar-refractivity contribution in [2.45, 2.75) is 20.0 Å². The summed E-state index contributed by atoms with van der Waals surface area (Å²) in [4.78, 5) is 0. The molecule has 1 atom stereocenters. The highest BCUT2D eigenvalue weighted by Crippen LogP contribution is 1.98. The van der Waals surface area contributed by atoms with Crippen LogP contribution in [-0.2, 0) is 10.2 Å². The minimum Gasteiger partial charge on any atom is -0.391 e. The van der Waals surface area contributed by atoms with Crippen molar-refractivity contribution in [3.8, 4) is 0 Å². The highest BCUT2D eigenvalue weighted by Gasteiger charge is 2.12. The number of hydrogen-bond donors (Lipinski definition) is 3. The van der Waals surface area contributed by atoms with Crippen molar-refractivity contribution in [1.82, 2.24) is 9.44 Å². The predicted molar refractivity (Wildman–Crippen MR) is 46.8 cm³/mol. The monoisotopic (exact) mass is 196 g/mol. The summed E-state index contributed by atoms with van der Waals surface area (Å²) in [6.45, 7) is 3.68. The summed E-state index contributed by atoms with van der Waals surface area (Å²) in [5.74, 6) is 0.0459. The molecule has 0 amide bonds. The van der Waals surface area contributed by atoms with Crippen LogP contribution in [0.5, 0.6) is 0 Å². The lowest BCUT2D eigenvalue weighted by atomic mass is 10.1. The van der Waals surface area contributed by atoms with E-state index in [1.165, 1.54) is 7.05 Å². The van der Waals surface area contributed by atoms with Gasteiger partial charge in [0.15, 0.2) is 0 Å². The van der Waals surface area contributed by atoms with Crippen LogP contribution in [0, 0.1) is 5.92 Å². The topological polar surface area (TPSA) is 78.4 Å². The molecule has 0 aliphatic carbocycles. The molecule has 0 radical (unpaired) electrons. The lowest BCUT2D eigenvalue weighted by molar-refractivity contribution is 0.129. The zero-order valence-electron chi connectivity index (χ0n) is 7.53. The fraction of sp³-hybridized carbons (Fsp3) is 1.00. The first kappa shape index (κ1) is 11.8. The molecule has 0 aliphatic heterocycles. The highest BCUT2D eigenvalue weighted by atomic mass is 32.2. The van der Waals surface area contributed by atoms with E-state index in [1.807, 2.05) is 13.8 Å². The van der Waals surface area contributed by atoms with Crippen molar-refractivity contribution in [3.63, 3.8) is 0 Å². The number of aliphatic hydroxyl groups is 1. The average molecular weight is 196 g/mol. The van der Waals surface area contributed by atoms with E-state index >= 15 is 0 Å². The highest BCUT2D eigenvalue weighted by molar-refractivity contribution is 7.87. The molecule has 0 aromatic rings. The van der Waals surface area contributed by atoms with Crippen LogP contribution in [0.3, 0.4) is 0 Å². The van der Waals surface area contributed by atoms with E-state index in [1.54, 1.807) is 0 Å². The van der Waals surface area contributed by atoms with Gasteiger partial charge in [0.25, 0.3) is 10.2 Å². The fourth-order valence-electron chi connectivity index (χ4n) is 0.503. The third-order valence-corrected chi connectivity index (χ3v) is 2.60. The van der Waals surface area contributed by atoms with Gasteiger partial charge in [0.2, 0.25) is 0 Å². The summed E-state index contributed by atoms with van der Waals surface area (Å²) < 4.78 is 25.9. The first-order chi connectivity index (χ1) is 5.39. The minimum atomic E-state index is -3.41. The molecule has 74 valence electrons. The van der Waals surface area contributed by atoms with Crippen LogP contribution < -0.4 is 9.44 Å². The van der Waals surface area contributed by atoms with Crippen LogP contribution in [0.15, 0.2) is 0 Å². The van der Waals surface area contributed by atoms with Gasteiger partial charge in [-0.15, -0.1) is 0 Å². The summed E-state index contributed by atoms with van der Waals surface area (Å²) in [6.07, 6.45) is -0.645. The lowest BCUT2D eigenvalue weighted by Crippen LogP contribution is -2.40. The molecule has 6 heteroatoms. The van der Waals surface area contributed by atoms with Gasteiger partial charge >= 0.3 is 0 Å². The van der Waals surface area contributed by atoms with Crippen LogP contribution in [0.1, 0.15) is 13.8 Å². The maximum Gasteiger partial charge on any atom is 0.276 e. The maximum atomic E-state index is 10.8. The van der Waals surface area contributed by atoms with E-state index in [4.69, 9.17) is 0 Å². The van der Waals surface area contributed by atoms with E-state index in [-0.39, 0.29) is 12.5 Å². The Labute approximate surface area is 73.4 Å². The first-order valence-corrected chi connectivity index (χ1v) is 5.23. The average Bonchev–Trinajstić information content (AvgIpc) is 2.00. The largest absolute Gasteiger partial charge is 0.391 e. The smallest absolute Gasteiger partial charge is 0.276 e. The van der Waals surface area contributed by atoms with E-state index in [0.29, 0.717) is 0 Å². The second kappa shape index (κ2) is 4.76. The second-order valence-electron chi connectivity index (χ2n) is 2.87. The Kier molecular flexibility index (Phi) is 4.69. The van der Waals surface area contributed by atoms with Gasteiger partial charge in [-0.25, -0.2) is 4.72 Å². The molecule has 5 nitrogen and oxygen atoms in total. The Morgan fingerprint density at radius 3 is 2.25 bits per heavy atom. The van der Waals surface area contributed by atoms with Crippen molar-refractivity contribution >= 4 is 10.2 Å². The summed E-state index contributed by atoms with van der Waals surface area (Å²) in [7, 11) is -2.10. The van der Waals surface area contributed by atoms with Crippen molar-refractivity contribution in [3.05, 3.63) is 0 Å². The van der Waals surface area contributed by atoms with Crippen molar-refractivity contribution in [1.29, 1.82) is 0 Å². The van der Waals surface area contributed by atoms with Crippen LogP contribution in [0.2, 0.25) is 0 Å². The summed E-state index contributed by atoms with van der Waals surface area (Å²) in [6, 6.07) is 0. The van der Waals surface area contributed by atoms with Crippen molar-refractivity contribution < 1.29 is 13.5 Å². The number of aliphatic hydroxyl groups excluding tert-OH is 1. The minimum absolute atomic E-state index is 0.0425. The molecule has 3 N–H and O–H groups in total. The molecule has 1 unspecified atom stereocenters. The molecule has 0 heterocycles. The molecule has 0 aromatic carbocycles. The number of rotatable bonds is 5. The van der Waals surface area contributed by atoms with Gasteiger partial charge < -0.3 is 5.11 Å². The second-order valence-corrected chi connectivity index (χ2v) is 4.57. The Morgan fingerprint density at radius 2 is 1.92 bits per heavy atom. The van der Waals surface area contributed by atoms with Gasteiger partial charge in [-0.3, -0.25) is 0 Å². The normalized spacial score (nSPS) is 15.1. The zero-order chi connectivity index (χ0) is 9.78. The molecule has 0 aromatic heterocycles. The van der Waals surface area contributed by atoms with Gasteiger partial charge in [0.05, 0.1) is 6.10 Å². The molecule has 0 fully saturated rings. The van der Waals surface area contributed by atoms with Crippen LogP contribution in [0.4, 0.5) is 0 Å². The molecule has 0 saturated carbocycles. The molecule has 12 heavy (non-hydrogen) atoms. The van der Waals surface area contributed by atoms with E-state index in [9.17, 15) is 13.5 Å². The molecule has 0 bridgehead atoms. The van der Waals surface area contributed by atoms with Crippen LogP contribution in [-0.4, -0.2) is 33.2 Å². The maximum absolute atomic E-state index is 10.8. The summed E-state index contributed by atoms with van der Waals surface area (Å²) in [5.41, 5.74) is 0. The molecule has 0 saturated heterocycles. The molecular weight excluding hydrogens is 180 g/mol. The number of hydrogen-bond acceptors (Lipinski definition) is 3. The SMILES string of the molecule is CNS(=O)(=O)NCC(O)C(C)C.